The van der Waals surface area contributed by atoms with E-state index in [1.54, 1.807) is 6.92 Å². The van der Waals surface area contributed by atoms with Crippen LogP contribution in [0.25, 0.3) is 0 Å². The summed E-state index contributed by atoms with van der Waals surface area (Å²) in [6.07, 6.45) is 7.21. The minimum Gasteiger partial charge on any atom is -0.355 e. The molecule has 0 spiro atoms. The SMILES string of the molecule is CC(=O)NCCNC1CC2CC=CC21. The number of amides is 1. The minimum absolute atomic E-state index is 0.0547. The van der Waals surface area contributed by atoms with Gasteiger partial charge >= 0.3 is 0 Å². The fraction of sp³-hybridized carbons (Fsp3) is 0.727. The predicted octanol–water partition coefficient (Wildman–Crippen LogP) is 0.677. The summed E-state index contributed by atoms with van der Waals surface area (Å²) in [5.41, 5.74) is 0. The van der Waals surface area contributed by atoms with Crippen molar-refractivity contribution in [3.8, 4) is 0 Å². The van der Waals surface area contributed by atoms with Gasteiger partial charge in [0.25, 0.3) is 0 Å². The summed E-state index contributed by atoms with van der Waals surface area (Å²) in [5.74, 6) is 1.74. The maximum atomic E-state index is 10.6. The number of rotatable bonds is 4. The highest BCUT2D eigenvalue weighted by Gasteiger charge is 2.40. The van der Waals surface area contributed by atoms with Gasteiger partial charge < -0.3 is 10.6 Å². The van der Waals surface area contributed by atoms with Crippen LogP contribution in [-0.4, -0.2) is 25.0 Å². The van der Waals surface area contributed by atoms with Crippen LogP contribution in [0.3, 0.4) is 0 Å². The van der Waals surface area contributed by atoms with Gasteiger partial charge in [0, 0.05) is 26.1 Å². The molecule has 3 heteroatoms. The second-order valence-electron chi connectivity index (χ2n) is 4.28. The maximum absolute atomic E-state index is 10.6. The summed E-state index contributed by atoms with van der Waals surface area (Å²) in [6, 6.07) is 0.660. The van der Waals surface area contributed by atoms with E-state index in [4.69, 9.17) is 0 Å². The molecule has 0 aromatic carbocycles. The minimum atomic E-state index is 0.0547. The van der Waals surface area contributed by atoms with E-state index in [0.29, 0.717) is 6.04 Å². The van der Waals surface area contributed by atoms with Crippen molar-refractivity contribution in [2.24, 2.45) is 11.8 Å². The van der Waals surface area contributed by atoms with Crippen LogP contribution in [0.15, 0.2) is 12.2 Å². The number of carbonyl (C=O) groups is 1. The number of hydrogen-bond donors (Lipinski definition) is 2. The zero-order chi connectivity index (χ0) is 9.97. The molecule has 0 saturated heterocycles. The lowest BCUT2D eigenvalue weighted by Gasteiger charge is -2.40. The Morgan fingerprint density at radius 1 is 1.50 bits per heavy atom. The van der Waals surface area contributed by atoms with Crippen LogP contribution in [0.4, 0.5) is 0 Å². The highest BCUT2D eigenvalue weighted by atomic mass is 16.1. The van der Waals surface area contributed by atoms with Crippen molar-refractivity contribution >= 4 is 5.91 Å². The summed E-state index contributed by atoms with van der Waals surface area (Å²) >= 11 is 0. The lowest BCUT2D eigenvalue weighted by Crippen LogP contribution is -2.49. The van der Waals surface area contributed by atoms with Gasteiger partial charge in [-0.25, -0.2) is 0 Å². The largest absolute Gasteiger partial charge is 0.355 e. The van der Waals surface area contributed by atoms with Crippen molar-refractivity contribution in [3.05, 3.63) is 12.2 Å². The lowest BCUT2D eigenvalue weighted by molar-refractivity contribution is -0.118. The van der Waals surface area contributed by atoms with E-state index in [9.17, 15) is 4.79 Å². The van der Waals surface area contributed by atoms with Crippen molar-refractivity contribution in [2.45, 2.75) is 25.8 Å². The van der Waals surface area contributed by atoms with E-state index >= 15 is 0 Å². The normalized spacial score (nSPS) is 33.6. The molecule has 2 N–H and O–H groups in total. The van der Waals surface area contributed by atoms with Gasteiger partial charge in [0.05, 0.1) is 0 Å². The molecule has 78 valence electrons. The second-order valence-corrected chi connectivity index (χ2v) is 4.28. The van der Waals surface area contributed by atoms with Gasteiger partial charge in [-0.15, -0.1) is 0 Å². The average Bonchev–Trinajstić information content (AvgIpc) is 2.46. The highest BCUT2D eigenvalue weighted by Crippen LogP contribution is 2.42. The zero-order valence-electron chi connectivity index (χ0n) is 8.62. The molecule has 1 saturated carbocycles. The third kappa shape index (κ3) is 1.98. The summed E-state index contributed by atoms with van der Waals surface area (Å²) in [5, 5.41) is 6.27. The number of allylic oxidation sites excluding steroid dienone is 1. The van der Waals surface area contributed by atoms with E-state index < -0.39 is 0 Å². The van der Waals surface area contributed by atoms with Crippen LogP contribution in [0.2, 0.25) is 0 Å². The Morgan fingerprint density at radius 3 is 3.07 bits per heavy atom. The van der Waals surface area contributed by atoms with Gasteiger partial charge in [0.2, 0.25) is 5.91 Å². The summed E-state index contributed by atoms with van der Waals surface area (Å²) in [4.78, 5) is 10.6. The van der Waals surface area contributed by atoms with Crippen LogP contribution in [0, 0.1) is 11.8 Å². The molecule has 3 unspecified atom stereocenters. The molecule has 0 aliphatic heterocycles. The molecule has 2 aliphatic carbocycles. The van der Waals surface area contributed by atoms with Gasteiger partial charge in [-0.1, -0.05) is 12.2 Å². The Labute approximate surface area is 84.9 Å². The van der Waals surface area contributed by atoms with Gasteiger partial charge in [-0.2, -0.15) is 0 Å². The monoisotopic (exact) mass is 194 g/mol. The first-order chi connectivity index (χ1) is 6.77. The molecule has 3 nitrogen and oxygen atoms in total. The van der Waals surface area contributed by atoms with Crippen LogP contribution < -0.4 is 10.6 Å². The molecule has 2 aliphatic rings. The van der Waals surface area contributed by atoms with Gasteiger partial charge in [-0.3, -0.25) is 4.79 Å². The molecule has 3 atom stereocenters. The molecule has 14 heavy (non-hydrogen) atoms. The Balaban J connectivity index is 1.59. The summed E-state index contributed by atoms with van der Waals surface area (Å²) in [6.45, 7) is 3.19. The van der Waals surface area contributed by atoms with Crippen molar-refractivity contribution in [2.75, 3.05) is 13.1 Å². The quantitative estimate of drug-likeness (QED) is 0.510. The first kappa shape index (κ1) is 9.71. The third-order valence-corrected chi connectivity index (χ3v) is 3.27. The van der Waals surface area contributed by atoms with Crippen LogP contribution in [0.1, 0.15) is 19.8 Å². The molecular weight excluding hydrogens is 176 g/mol. The van der Waals surface area contributed by atoms with E-state index in [2.05, 4.69) is 22.8 Å². The van der Waals surface area contributed by atoms with Crippen LogP contribution in [-0.2, 0) is 4.79 Å². The van der Waals surface area contributed by atoms with Crippen molar-refractivity contribution < 1.29 is 4.79 Å². The van der Waals surface area contributed by atoms with Gasteiger partial charge in [0.1, 0.15) is 0 Å². The van der Waals surface area contributed by atoms with E-state index in [0.717, 1.165) is 24.9 Å². The third-order valence-electron chi connectivity index (χ3n) is 3.27. The number of hydrogen-bond acceptors (Lipinski definition) is 2. The molecular formula is C11H18N2O. The molecule has 2 rings (SSSR count). The van der Waals surface area contributed by atoms with E-state index in [1.165, 1.54) is 12.8 Å². The molecule has 0 radical (unpaired) electrons. The summed E-state index contributed by atoms with van der Waals surface area (Å²) in [7, 11) is 0. The molecule has 0 bridgehead atoms. The van der Waals surface area contributed by atoms with Gasteiger partial charge in [0.15, 0.2) is 0 Å². The lowest BCUT2D eigenvalue weighted by atomic mass is 9.71. The number of fused-ring (bicyclic) bond motifs is 1. The Bertz CT molecular complexity index is 250. The van der Waals surface area contributed by atoms with E-state index in [1.807, 2.05) is 0 Å². The fourth-order valence-corrected chi connectivity index (χ4v) is 2.44. The van der Waals surface area contributed by atoms with Crippen molar-refractivity contribution in [1.82, 2.24) is 10.6 Å². The topological polar surface area (TPSA) is 41.1 Å². The molecule has 0 heterocycles. The predicted molar refractivity (Wildman–Crippen MR) is 55.8 cm³/mol. The van der Waals surface area contributed by atoms with Gasteiger partial charge in [-0.05, 0) is 24.7 Å². The molecule has 0 aromatic heterocycles. The van der Waals surface area contributed by atoms with Crippen molar-refractivity contribution in [3.63, 3.8) is 0 Å². The molecule has 0 aromatic rings. The second kappa shape index (κ2) is 4.13. The average molecular weight is 194 g/mol. The summed E-state index contributed by atoms with van der Waals surface area (Å²) < 4.78 is 0. The van der Waals surface area contributed by atoms with E-state index in [-0.39, 0.29) is 5.91 Å². The first-order valence-electron chi connectivity index (χ1n) is 5.42. The van der Waals surface area contributed by atoms with Crippen LogP contribution >= 0.6 is 0 Å². The smallest absolute Gasteiger partial charge is 0.216 e. The molecule has 1 fully saturated rings. The standard InChI is InChI=1S/C11H18N2O/c1-8(14)12-5-6-13-11-7-9-3-2-4-10(9)11/h2,4,9-11,13H,3,5-7H2,1H3,(H,12,14). The number of carbonyl (C=O) groups excluding carboxylic acids is 1. The van der Waals surface area contributed by atoms with Crippen LogP contribution in [0.5, 0.6) is 0 Å². The fourth-order valence-electron chi connectivity index (χ4n) is 2.44. The highest BCUT2D eigenvalue weighted by molar-refractivity contribution is 5.72. The maximum Gasteiger partial charge on any atom is 0.216 e. The Kier molecular flexibility index (Phi) is 2.87. The first-order valence-corrected chi connectivity index (χ1v) is 5.42. The zero-order valence-corrected chi connectivity index (χ0v) is 8.62. The van der Waals surface area contributed by atoms with Crippen molar-refractivity contribution in [1.29, 1.82) is 0 Å². The molecule has 1 amide bonds. The number of nitrogens with one attached hydrogen (secondary N) is 2. The Hall–Kier alpha value is -0.830. The Morgan fingerprint density at radius 2 is 2.36 bits per heavy atom.